The molecule has 3 heterocycles. The zero-order chi connectivity index (χ0) is 15.6. The van der Waals surface area contributed by atoms with E-state index in [-0.39, 0.29) is 18.6 Å². The van der Waals surface area contributed by atoms with Gasteiger partial charge < -0.3 is 14.2 Å². The molecule has 1 aromatic rings. The van der Waals surface area contributed by atoms with E-state index in [1.54, 1.807) is 17.1 Å². The van der Waals surface area contributed by atoms with Crippen LogP contribution in [0.2, 0.25) is 0 Å². The Hall–Kier alpha value is -1.67. The zero-order valence-corrected chi connectivity index (χ0v) is 13.1. The van der Waals surface area contributed by atoms with Crippen molar-refractivity contribution in [2.75, 3.05) is 19.7 Å². The van der Waals surface area contributed by atoms with E-state index in [1.807, 2.05) is 18.7 Å². The number of rotatable bonds is 4. The molecular formula is C14H21BN4O3. The molecule has 1 aromatic heterocycles. The van der Waals surface area contributed by atoms with Gasteiger partial charge in [0.15, 0.2) is 0 Å². The van der Waals surface area contributed by atoms with Crippen LogP contribution in [0.1, 0.15) is 26.7 Å². The average molecular weight is 304 g/mol. The quantitative estimate of drug-likeness (QED) is 0.765. The van der Waals surface area contributed by atoms with Crippen LogP contribution in [0.5, 0.6) is 0 Å². The molecule has 0 unspecified atom stereocenters. The Bertz CT molecular complexity index is 558. The fraction of sp³-hybridized carbons (Fsp3) is 0.643. The van der Waals surface area contributed by atoms with Gasteiger partial charge in [-0.25, -0.2) is 0 Å². The number of hydrogen-bond acceptors (Lipinski definition) is 5. The Kier molecular flexibility index (Phi) is 4.31. The number of hydrogen-bond donors (Lipinski definition) is 0. The first-order valence-electron chi connectivity index (χ1n) is 7.64. The number of aryl methyl sites for hydroxylation is 1. The van der Waals surface area contributed by atoms with Gasteiger partial charge in [0.05, 0.1) is 24.9 Å². The van der Waals surface area contributed by atoms with Crippen LogP contribution < -0.4 is 0 Å². The average Bonchev–Trinajstić information content (AvgIpc) is 3.14. The molecule has 2 aliphatic heterocycles. The highest BCUT2D eigenvalue weighted by Gasteiger charge is 2.40. The molecule has 0 saturated carbocycles. The summed E-state index contributed by atoms with van der Waals surface area (Å²) in [5.74, 6) is 0.123. The van der Waals surface area contributed by atoms with Gasteiger partial charge in [0.1, 0.15) is 0 Å². The monoisotopic (exact) mass is 304 g/mol. The van der Waals surface area contributed by atoms with E-state index < -0.39 is 0 Å². The summed E-state index contributed by atoms with van der Waals surface area (Å²) < 4.78 is 13.3. The molecule has 0 aliphatic carbocycles. The smallest absolute Gasteiger partial charge is 0.405 e. The van der Waals surface area contributed by atoms with Crippen LogP contribution >= 0.6 is 0 Å². The second kappa shape index (κ2) is 6.22. The zero-order valence-electron chi connectivity index (χ0n) is 13.1. The van der Waals surface area contributed by atoms with Gasteiger partial charge in [-0.2, -0.15) is 0 Å². The van der Waals surface area contributed by atoms with Crippen molar-refractivity contribution < 1.29 is 14.1 Å². The second-order valence-corrected chi connectivity index (χ2v) is 6.32. The molecule has 0 atom stereocenters. The van der Waals surface area contributed by atoms with Crippen LogP contribution in [0.15, 0.2) is 23.9 Å². The van der Waals surface area contributed by atoms with Crippen molar-refractivity contribution >= 4 is 13.0 Å². The van der Waals surface area contributed by atoms with E-state index in [1.165, 1.54) is 0 Å². The molecule has 1 fully saturated rings. The number of aromatic nitrogens is 3. The normalized spacial score (nSPS) is 21.1. The summed E-state index contributed by atoms with van der Waals surface area (Å²) in [6, 6.07) is 0. The summed E-state index contributed by atoms with van der Waals surface area (Å²) in [5, 5.41) is 7.61. The maximum absolute atomic E-state index is 12.3. The Morgan fingerprint density at radius 3 is 3.05 bits per heavy atom. The van der Waals surface area contributed by atoms with Crippen molar-refractivity contribution in [1.82, 2.24) is 19.9 Å². The summed E-state index contributed by atoms with van der Waals surface area (Å²) >= 11 is 0. The molecule has 8 heteroatoms. The Morgan fingerprint density at radius 1 is 1.50 bits per heavy atom. The van der Waals surface area contributed by atoms with Crippen LogP contribution in [-0.2, 0) is 20.6 Å². The number of carbonyl (C=O) groups is 1. The van der Waals surface area contributed by atoms with Gasteiger partial charge in [0.25, 0.3) is 0 Å². The van der Waals surface area contributed by atoms with E-state index in [0.29, 0.717) is 26.1 Å². The Labute approximate surface area is 130 Å². The lowest BCUT2D eigenvalue weighted by Gasteiger charge is -2.28. The topological polar surface area (TPSA) is 69.5 Å². The predicted molar refractivity (Wildman–Crippen MR) is 80.8 cm³/mol. The minimum Gasteiger partial charge on any atom is -0.405 e. The summed E-state index contributed by atoms with van der Waals surface area (Å²) in [7, 11) is -0.319. The number of amides is 1. The van der Waals surface area contributed by atoms with Crippen LogP contribution in [0.4, 0.5) is 0 Å². The standard InChI is InChI=1S/C14H21BN4O3/c1-14(2)11-21-15(22-14)12-4-3-7-18(10-12)13(20)5-8-19-9-6-16-17-19/h4,6,9H,3,5,7-8,10-11H2,1-2H3. The van der Waals surface area contributed by atoms with Crippen LogP contribution in [-0.4, -0.2) is 58.2 Å². The van der Waals surface area contributed by atoms with Crippen molar-refractivity contribution in [1.29, 1.82) is 0 Å². The maximum Gasteiger partial charge on any atom is 0.491 e. The van der Waals surface area contributed by atoms with Gasteiger partial charge in [0.2, 0.25) is 5.91 Å². The molecule has 22 heavy (non-hydrogen) atoms. The lowest BCUT2D eigenvalue weighted by Crippen LogP contribution is -2.40. The van der Waals surface area contributed by atoms with Gasteiger partial charge in [-0.05, 0) is 25.7 Å². The molecule has 0 radical (unpaired) electrons. The van der Waals surface area contributed by atoms with Crippen LogP contribution in [0.25, 0.3) is 0 Å². The van der Waals surface area contributed by atoms with Gasteiger partial charge >= 0.3 is 7.12 Å². The third-order valence-electron chi connectivity index (χ3n) is 3.87. The molecule has 2 aliphatic rings. The van der Waals surface area contributed by atoms with Crippen molar-refractivity contribution in [2.45, 2.75) is 38.8 Å². The first kappa shape index (κ1) is 15.2. The van der Waals surface area contributed by atoms with E-state index in [9.17, 15) is 4.79 Å². The third kappa shape index (κ3) is 3.56. The van der Waals surface area contributed by atoms with E-state index in [2.05, 4.69) is 16.4 Å². The van der Waals surface area contributed by atoms with Crippen molar-refractivity contribution in [3.63, 3.8) is 0 Å². The molecule has 1 saturated heterocycles. The SMILES string of the molecule is CC1(C)COB(C2=CCCN(C(=O)CCn3ccnn3)C2)O1. The van der Waals surface area contributed by atoms with Crippen LogP contribution in [0, 0.1) is 0 Å². The van der Waals surface area contributed by atoms with Crippen molar-refractivity contribution in [3.05, 3.63) is 23.9 Å². The highest BCUT2D eigenvalue weighted by molar-refractivity contribution is 6.54. The summed E-state index contributed by atoms with van der Waals surface area (Å²) in [5.41, 5.74) is 0.788. The molecule has 0 aromatic carbocycles. The molecule has 118 valence electrons. The minimum atomic E-state index is -0.319. The first-order valence-corrected chi connectivity index (χ1v) is 7.64. The second-order valence-electron chi connectivity index (χ2n) is 6.32. The molecular weight excluding hydrogens is 283 g/mol. The minimum absolute atomic E-state index is 0.123. The largest absolute Gasteiger partial charge is 0.491 e. The Morgan fingerprint density at radius 2 is 2.36 bits per heavy atom. The fourth-order valence-corrected chi connectivity index (χ4v) is 2.69. The van der Waals surface area contributed by atoms with E-state index >= 15 is 0 Å². The highest BCUT2D eigenvalue weighted by atomic mass is 16.7. The summed E-state index contributed by atoms with van der Waals surface area (Å²) in [4.78, 5) is 14.2. The Balaban J connectivity index is 1.53. The molecule has 1 amide bonds. The first-order chi connectivity index (χ1) is 10.5. The summed E-state index contributed by atoms with van der Waals surface area (Å²) in [6.07, 6.45) is 6.77. The number of carbonyl (C=O) groups excluding carboxylic acids is 1. The fourth-order valence-electron chi connectivity index (χ4n) is 2.69. The molecule has 0 spiro atoms. The lowest BCUT2D eigenvalue weighted by atomic mass is 9.76. The lowest BCUT2D eigenvalue weighted by molar-refractivity contribution is -0.131. The van der Waals surface area contributed by atoms with Gasteiger partial charge in [0, 0.05) is 25.7 Å². The highest BCUT2D eigenvalue weighted by Crippen LogP contribution is 2.25. The van der Waals surface area contributed by atoms with Gasteiger partial charge in [-0.15, -0.1) is 5.10 Å². The number of nitrogens with zero attached hydrogens (tertiary/aromatic N) is 4. The van der Waals surface area contributed by atoms with E-state index in [0.717, 1.165) is 18.4 Å². The molecule has 7 nitrogen and oxygen atoms in total. The molecule has 0 bridgehead atoms. The van der Waals surface area contributed by atoms with Crippen LogP contribution in [0.3, 0.4) is 0 Å². The van der Waals surface area contributed by atoms with Gasteiger partial charge in [-0.1, -0.05) is 11.3 Å². The molecule has 3 rings (SSSR count). The van der Waals surface area contributed by atoms with Crippen molar-refractivity contribution in [2.24, 2.45) is 0 Å². The molecule has 0 N–H and O–H groups in total. The summed E-state index contributed by atoms with van der Waals surface area (Å²) in [6.45, 7) is 6.48. The van der Waals surface area contributed by atoms with Gasteiger partial charge in [-0.3, -0.25) is 9.48 Å². The third-order valence-corrected chi connectivity index (χ3v) is 3.87. The van der Waals surface area contributed by atoms with Crippen molar-refractivity contribution in [3.8, 4) is 0 Å². The van der Waals surface area contributed by atoms with E-state index in [4.69, 9.17) is 9.31 Å². The maximum atomic E-state index is 12.3. The predicted octanol–water partition coefficient (Wildman–Crippen LogP) is 0.680.